The molecule has 3 N–H and O–H groups in total. The second-order valence-corrected chi connectivity index (χ2v) is 7.94. The second-order valence-electron chi connectivity index (χ2n) is 7.94. The van der Waals surface area contributed by atoms with E-state index in [1.165, 1.54) is 77.0 Å². The van der Waals surface area contributed by atoms with Crippen molar-refractivity contribution in [2.24, 2.45) is 0 Å². The van der Waals surface area contributed by atoms with Gasteiger partial charge in [-0.05, 0) is 32.4 Å². The van der Waals surface area contributed by atoms with Crippen molar-refractivity contribution in [1.29, 1.82) is 0 Å². The lowest BCUT2D eigenvalue weighted by Gasteiger charge is -2.11. The zero-order valence-corrected chi connectivity index (χ0v) is 17.6. The van der Waals surface area contributed by atoms with Crippen molar-refractivity contribution in [1.82, 2.24) is 16.0 Å². The highest BCUT2D eigenvalue weighted by atomic mass is 16.2. The summed E-state index contributed by atoms with van der Waals surface area (Å²) >= 11 is 0. The van der Waals surface area contributed by atoms with Crippen molar-refractivity contribution in [2.75, 3.05) is 19.6 Å². The van der Waals surface area contributed by atoms with Gasteiger partial charge in [-0.3, -0.25) is 9.59 Å². The molecule has 0 aromatic carbocycles. The van der Waals surface area contributed by atoms with E-state index in [4.69, 9.17) is 0 Å². The third-order valence-corrected chi connectivity index (χ3v) is 5.35. The van der Waals surface area contributed by atoms with E-state index in [0.29, 0.717) is 19.4 Å². The number of nitrogens with one attached hydrogen (secondary N) is 3. The lowest BCUT2D eigenvalue weighted by Crippen LogP contribution is -2.42. The van der Waals surface area contributed by atoms with Crippen molar-refractivity contribution in [3.63, 3.8) is 0 Å². The maximum atomic E-state index is 11.8. The van der Waals surface area contributed by atoms with Crippen molar-refractivity contribution in [2.45, 2.75) is 109 Å². The first-order valence-corrected chi connectivity index (χ1v) is 11.5. The van der Waals surface area contributed by atoms with Crippen LogP contribution in [0, 0.1) is 0 Å². The molecule has 5 heteroatoms. The Hall–Kier alpha value is -1.10. The third kappa shape index (κ3) is 13.7. The van der Waals surface area contributed by atoms with E-state index in [0.717, 1.165) is 19.5 Å². The summed E-state index contributed by atoms with van der Waals surface area (Å²) in [6, 6.07) is -0.313. The first-order chi connectivity index (χ1) is 13.2. The molecule has 1 atom stereocenters. The van der Waals surface area contributed by atoms with E-state index in [2.05, 4.69) is 22.9 Å². The number of carbonyl (C=O) groups excluding carboxylic acids is 2. The Bertz CT molecular complexity index is 388. The Morgan fingerprint density at radius 2 is 1.41 bits per heavy atom. The summed E-state index contributed by atoms with van der Waals surface area (Å²) < 4.78 is 0. The van der Waals surface area contributed by atoms with Gasteiger partial charge in [-0.1, -0.05) is 77.6 Å². The topological polar surface area (TPSA) is 70.2 Å². The fourth-order valence-corrected chi connectivity index (χ4v) is 3.57. The quantitative estimate of drug-likeness (QED) is 0.314. The average molecular weight is 382 g/mol. The smallest absolute Gasteiger partial charge is 0.242 e. The average Bonchev–Trinajstić information content (AvgIpc) is 3.10. The van der Waals surface area contributed by atoms with Crippen molar-refractivity contribution in [3.05, 3.63) is 0 Å². The number of carbonyl (C=O) groups is 2. The van der Waals surface area contributed by atoms with Crippen molar-refractivity contribution in [3.8, 4) is 0 Å². The summed E-state index contributed by atoms with van der Waals surface area (Å²) in [5.74, 6) is -0.0546. The van der Waals surface area contributed by atoms with Crippen LogP contribution in [0.2, 0.25) is 0 Å². The molecule has 0 aromatic heterocycles. The Balaban J connectivity index is 1.72. The molecule has 27 heavy (non-hydrogen) atoms. The summed E-state index contributed by atoms with van der Waals surface area (Å²) in [4.78, 5) is 22.9. The van der Waals surface area contributed by atoms with Crippen LogP contribution in [0.1, 0.15) is 103 Å². The van der Waals surface area contributed by atoms with E-state index in [1.807, 2.05) is 0 Å². The molecule has 0 saturated carbocycles. The molecule has 0 aromatic rings. The van der Waals surface area contributed by atoms with E-state index < -0.39 is 0 Å². The second kappa shape index (κ2) is 17.0. The summed E-state index contributed by atoms with van der Waals surface area (Å²) in [7, 11) is 0. The molecule has 1 aliphatic rings. The van der Waals surface area contributed by atoms with Crippen LogP contribution < -0.4 is 16.0 Å². The molecule has 0 aliphatic carbocycles. The number of unbranched alkanes of at least 4 members (excludes halogenated alkanes) is 11. The molecule has 1 saturated heterocycles. The molecule has 0 spiro atoms. The standard InChI is InChI=1S/C22H43N3O2/c1-2-3-4-5-6-7-8-9-10-11-12-13-17-23-18-14-19-24-22(27)20-15-16-21(26)25-20/h20,23H,2-19H2,1H3,(H,24,27)(H,25,26)/t20-/m1/s1. The lowest BCUT2D eigenvalue weighted by molar-refractivity contribution is -0.125. The van der Waals surface area contributed by atoms with Gasteiger partial charge in [0.05, 0.1) is 0 Å². The normalized spacial score (nSPS) is 16.5. The van der Waals surface area contributed by atoms with Crippen molar-refractivity contribution < 1.29 is 9.59 Å². The van der Waals surface area contributed by atoms with E-state index in [9.17, 15) is 9.59 Å². The van der Waals surface area contributed by atoms with Gasteiger partial charge in [0.2, 0.25) is 11.8 Å². The fraction of sp³-hybridized carbons (Fsp3) is 0.909. The van der Waals surface area contributed by atoms with Crippen LogP contribution in [0.4, 0.5) is 0 Å². The number of rotatable bonds is 18. The molecular formula is C22H43N3O2. The maximum Gasteiger partial charge on any atom is 0.242 e. The Labute approximate surface area is 166 Å². The minimum absolute atomic E-state index is 0.0146. The largest absolute Gasteiger partial charge is 0.354 e. The molecule has 0 unspecified atom stereocenters. The number of hydrogen-bond acceptors (Lipinski definition) is 3. The maximum absolute atomic E-state index is 11.8. The molecule has 1 aliphatic heterocycles. The minimum Gasteiger partial charge on any atom is -0.354 e. The summed E-state index contributed by atoms with van der Waals surface area (Å²) in [6.45, 7) is 4.96. The van der Waals surface area contributed by atoms with Crippen LogP contribution in [0.3, 0.4) is 0 Å². The van der Waals surface area contributed by atoms with Crippen LogP contribution in [-0.4, -0.2) is 37.5 Å². The molecule has 5 nitrogen and oxygen atoms in total. The Kier molecular flexibility index (Phi) is 15.1. The fourth-order valence-electron chi connectivity index (χ4n) is 3.57. The summed E-state index contributed by atoms with van der Waals surface area (Å²) in [5.41, 5.74) is 0. The molecule has 1 fully saturated rings. The number of amides is 2. The van der Waals surface area contributed by atoms with Gasteiger partial charge in [-0.25, -0.2) is 0 Å². The molecule has 0 radical (unpaired) electrons. The van der Waals surface area contributed by atoms with E-state index >= 15 is 0 Å². The van der Waals surface area contributed by atoms with Gasteiger partial charge < -0.3 is 16.0 Å². The molecule has 1 heterocycles. The Morgan fingerprint density at radius 3 is 1.96 bits per heavy atom. The SMILES string of the molecule is CCCCCCCCCCCCCCNCCCNC(=O)[C@H]1CCC(=O)N1. The third-order valence-electron chi connectivity index (χ3n) is 5.35. The monoisotopic (exact) mass is 381 g/mol. The van der Waals surface area contributed by atoms with E-state index in [-0.39, 0.29) is 17.9 Å². The highest BCUT2D eigenvalue weighted by molar-refractivity contribution is 5.90. The first kappa shape index (κ1) is 23.9. The van der Waals surface area contributed by atoms with Crippen LogP contribution >= 0.6 is 0 Å². The number of hydrogen-bond donors (Lipinski definition) is 3. The van der Waals surface area contributed by atoms with Gasteiger partial charge in [0, 0.05) is 13.0 Å². The summed E-state index contributed by atoms with van der Waals surface area (Å²) in [6.07, 6.45) is 18.6. The van der Waals surface area contributed by atoms with Gasteiger partial charge in [0.1, 0.15) is 6.04 Å². The molecule has 1 rings (SSSR count). The highest BCUT2D eigenvalue weighted by Gasteiger charge is 2.26. The zero-order valence-electron chi connectivity index (χ0n) is 17.6. The predicted octanol–water partition coefficient (Wildman–Crippen LogP) is 4.06. The zero-order chi connectivity index (χ0) is 19.6. The van der Waals surface area contributed by atoms with Gasteiger partial charge in [-0.15, -0.1) is 0 Å². The van der Waals surface area contributed by atoms with Gasteiger partial charge in [0.15, 0.2) is 0 Å². The van der Waals surface area contributed by atoms with Crippen LogP contribution in [0.5, 0.6) is 0 Å². The summed E-state index contributed by atoms with van der Waals surface area (Å²) in [5, 5.41) is 9.05. The lowest BCUT2D eigenvalue weighted by atomic mass is 10.1. The minimum atomic E-state index is -0.313. The predicted molar refractivity (Wildman–Crippen MR) is 113 cm³/mol. The van der Waals surface area contributed by atoms with Crippen LogP contribution in [0.15, 0.2) is 0 Å². The molecule has 0 bridgehead atoms. The van der Waals surface area contributed by atoms with Crippen LogP contribution in [0.25, 0.3) is 0 Å². The Morgan fingerprint density at radius 1 is 0.852 bits per heavy atom. The van der Waals surface area contributed by atoms with Crippen molar-refractivity contribution >= 4 is 11.8 Å². The molecule has 2 amide bonds. The van der Waals surface area contributed by atoms with Crippen LogP contribution in [-0.2, 0) is 9.59 Å². The van der Waals surface area contributed by atoms with Gasteiger partial charge in [-0.2, -0.15) is 0 Å². The molecule has 158 valence electrons. The van der Waals surface area contributed by atoms with Gasteiger partial charge in [0.25, 0.3) is 0 Å². The first-order valence-electron chi connectivity index (χ1n) is 11.5. The molecular weight excluding hydrogens is 338 g/mol. The van der Waals surface area contributed by atoms with E-state index in [1.54, 1.807) is 0 Å². The van der Waals surface area contributed by atoms with Gasteiger partial charge >= 0.3 is 0 Å². The highest BCUT2D eigenvalue weighted by Crippen LogP contribution is 2.11.